The van der Waals surface area contributed by atoms with Gasteiger partial charge in [-0.25, -0.2) is 4.98 Å². The Labute approximate surface area is 95.9 Å². The third-order valence-corrected chi connectivity index (χ3v) is 2.93. The largest absolute Gasteiger partial charge is 0.351 e. The van der Waals surface area contributed by atoms with Crippen molar-refractivity contribution in [1.82, 2.24) is 9.97 Å². The molecule has 1 heterocycles. The lowest BCUT2D eigenvalue weighted by molar-refractivity contribution is 0.769. The number of hydrogen-bond donors (Lipinski definition) is 0. The molecule has 0 amide bonds. The minimum atomic E-state index is 0.547. The van der Waals surface area contributed by atoms with E-state index in [-0.39, 0.29) is 0 Å². The van der Waals surface area contributed by atoms with Gasteiger partial charge in [0, 0.05) is 12.6 Å². The number of nitrogens with zero attached hydrogens (tertiary/aromatic N) is 4. The summed E-state index contributed by atoms with van der Waals surface area (Å²) in [5, 5.41) is 8.65. The molecule has 1 fully saturated rings. The average Bonchev–Trinajstić information content (AvgIpc) is 3.08. The van der Waals surface area contributed by atoms with E-state index in [4.69, 9.17) is 5.26 Å². The Kier molecular flexibility index (Phi) is 3.04. The molecular weight excluding hydrogens is 200 g/mol. The van der Waals surface area contributed by atoms with Gasteiger partial charge in [0.15, 0.2) is 0 Å². The van der Waals surface area contributed by atoms with Crippen LogP contribution in [0.2, 0.25) is 0 Å². The quantitative estimate of drug-likeness (QED) is 0.772. The van der Waals surface area contributed by atoms with Gasteiger partial charge in [0.2, 0.25) is 0 Å². The van der Waals surface area contributed by atoms with E-state index >= 15 is 0 Å². The Morgan fingerprint density at radius 3 is 2.75 bits per heavy atom. The summed E-state index contributed by atoms with van der Waals surface area (Å²) in [6.07, 6.45) is 4.78. The van der Waals surface area contributed by atoms with E-state index in [1.165, 1.54) is 12.8 Å². The highest BCUT2D eigenvalue weighted by atomic mass is 15.2. The van der Waals surface area contributed by atoms with Crippen molar-refractivity contribution in [2.75, 3.05) is 11.4 Å². The van der Waals surface area contributed by atoms with Crippen LogP contribution in [0.1, 0.15) is 30.7 Å². The topological polar surface area (TPSA) is 52.8 Å². The zero-order chi connectivity index (χ0) is 11.5. The Morgan fingerprint density at radius 2 is 2.19 bits per heavy atom. The zero-order valence-electron chi connectivity index (χ0n) is 9.77. The maximum atomic E-state index is 8.65. The van der Waals surface area contributed by atoms with E-state index in [9.17, 15) is 0 Å². The van der Waals surface area contributed by atoms with Crippen molar-refractivity contribution in [2.45, 2.75) is 39.2 Å². The van der Waals surface area contributed by atoms with Crippen molar-refractivity contribution in [3.8, 4) is 6.07 Å². The first-order valence-electron chi connectivity index (χ1n) is 5.66. The first-order valence-corrected chi connectivity index (χ1v) is 5.66. The Hall–Kier alpha value is -1.63. The molecule has 0 spiro atoms. The fraction of sp³-hybridized carbons (Fsp3) is 0.583. The van der Waals surface area contributed by atoms with Crippen molar-refractivity contribution in [2.24, 2.45) is 0 Å². The van der Waals surface area contributed by atoms with Crippen LogP contribution >= 0.6 is 0 Å². The fourth-order valence-electron chi connectivity index (χ4n) is 1.71. The predicted octanol–water partition coefficient (Wildman–Crippen LogP) is 1.98. The number of aromatic nitrogens is 2. The molecule has 0 aromatic carbocycles. The minimum Gasteiger partial charge on any atom is -0.351 e. The van der Waals surface area contributed by atoms with E-state index in [1.54, 1.807) is 0 Å². The van der Waals surface area contributed by atoms with Crippen LogP contribution in [0.3, 0.4) is 0 Å². The molecular formula is C12H16N4. The first-order chi connectivity index (χ1) is 7.72. The Balaban J connectivity index is 2.18. The van der Waals surface area contributed by atoms with E-state index < -0.39 is 0 Å². The van der Waals surface area contributed by atoms with Crippen LogP contribution in [-0.4, -0.2) is 22.6 Å². The molecule has 1 aliphatic carbocycles. The molecule has 84 valence electrons. The lowest BCUT2D eigenvalue weighted by atomic mass is 10.3. The molecule has 1 aliphatic rings. The highest BCUT2D eigenvalue weighted by Gasteiger charge is 2.29. The second kappa shape index (κ2) is 4.48. The van der Waals surface area contributed by atoms with Gasteiger partial charge < -0.3 is 4.90 Å². The number of anilines is 1. The molecule has 0 atom stereocenters. The summed E-state index contributed by atoms with van der Waals surface area (Å²) in [4.78, 5) is 11.1. The van der Waals surface area contributed by atoms with Gasteiger partial charge in [0.05, 0.1) is 30.1 Å². The normalized spacial score (nSPS) is 14.6. The molecule has 0 N–H and O–H groups in total. The van der Waals surface area contributed by atoms with Gasteiger partial charge in [-0.05, 0) is 26.7 Å². The van der Waals surface area contributed by atoms with Crippen LogP contribution in [0, 0.1) is 25.2 Å². The van der Waals surface area contributed by atoms with Gasteiger partial charge in [-0.2, -0.15) is 5.26 Å². The van der Waals surface area contributed by atoms with Crippen LogP contribution < -0.4 is 4.90 Å². The minimum absolute atomic E-state index is 0.547. The van der Waals surface area contributed by atoms with E-state index in [0.717, 1.165) is 23.8 Å². The van der Waals surface area contributed by atoms with Crippen LogP contribution in [0.15, 0.2) is 6.20 Å². The van der Waals surface area contributed by atoms with Crippen molar-refractivity contribution in [1.29, 1.82) is 5.26 Å². The van der Waals surface area contributed by atoms with Crippen LogP contribution in [0.5, 0.6) is 0 Å². The summed E-state index contributed by atoms with van der Waals surface area (Å²) in [7, 11) is 0. The molecule has 0 unspecified atom stereocenters. The second-order valence-corrected chi connectivity index (χ2v) is 4.23. The van der Waals surface area contributed by atoms with Gasteiger partial charge in [-0.1, -0.05) is 0 Å². The molecule has 1 aromatic rings. The number of rotatable bonds is 4. The SMILES string of the molecule is Cc1ncc(N(CCC#N)C2CC2)nc1C. The Morgan fingerprint density at radius 1 is 1.44 bits per heavy atom. The number of nitriles is 1. The molecule has 0 aliphatic heterocycles. The summed E-state index contributed by atoms with van der Waals surface area (Å²) in [5.41, 5.74) is 1.94. The lowest BCUT2D eigenvalue weighted by Gasteiger charge is -2.22. The van der Waals surface area contributed by atoms with Gasteiger partial charge in [-0.3, -0.25) is 4.98 Å². The fourth-order valence-corrected chi connectivity index (χ4v) is 1.71. The van der Waals surface area contributed by atoms with Crippen molar-refractivity contribution in [3.05, 3.63) is 17.6 Å². The number of aryl methyl sites for hydroxylation is 2. The molecule has 0 saturated heterocycles. The van der Waals surface area contributed by atoms with E-state index in [2.05, 4.69) is 20.9 Å². The van der Waals surface area contributed by atoms with Gasteiger partial charge in [0.1, 0.15) is 5.82 Å². The highest BCUT2D eigenvalue weighted by Crippen LogP contribution is 2.30. The predicted molar refractivity (Wildman–Crippen MR) is 62.1 cm³/mol. The molecule has 0 bridgehead atoms. The van der Waals surface area contributed by atoms with E-state index in [1.807, 2.05) is 20.0 Å². The van der Waals surface area contributed by atoms with Crippen LogP contribution in [0.4, 0.5) is 5.82 Å². The maximum absolute atomic E-state index is 8.65. The van der Waals surface area contributed by atoms with Gasteiger partial charge in [0.25, 0.3) is 0 Å². The molecule has 1 saturated carbocycles. The average molecular weight is 216 g/mol. The summed E-state index contributed by atoms with van der Waals surface area (Å²) >= 11 is 0. The molecule has 4 heteroatoms. The lowest BCUT2D eigenvalue weighted by Crippen LogP contribution is -2.28. The maximum Gasteiger partial charge on any atom is 0.147 e. The van der Waals surface area contributed by atoms with Gasteiger partial charge >= 0.3 is 0 Å². The van der Waals surface area contributed by atoms with Gasteiger partial charge in [-0.15, -0.1) is 0 Å². The molecule has 0 radical (unpaired) electrons. The monoisotopic (exact) mass is 216 g/mol. The number of hydrogen-bond acceptors (Lipinski definition) is 4. The molecule has 16 heavy (non-hydrogen) atoms. The van der Waals surface area contributed by atoms with Crippen molar-refractivity contribution in [3.63, 3.8) is 0 Å². The Bertz CT molecular complexity index is 418. The second-order valence-electron chi connectivity index (χ2n) is 4.23. The molecule has 2 rings (SSSR count). The third kappa shape index (κ3) is 2.30. The van der Waals surface area contributed by atoms with Crippen LogP contribution in [0.25, 0.3) is 0 Å². The first kappa shape index (κ1) is 10.9. The van der Waals surface area contributed by atoms with Crippen LogP contribution in [-0.2, 0) is 0 Å². The van der Waals surface area contributed by atoms with Crippen molar-refractivity contribution >= 4 is 5.82 Å². The summed E-state index contributed by atoms with van der Waals surface area (Å²) < 4.78 is 0. The van der Waals surface area contributed by atoms with E-state index in [0.29, 0.717) is 12.5 Å². The smallest absolute Gasteiger partial charge is 0.147 e. The zero-order valence-corrected chi connectivity index (χ0v) is 9.77. The summed E-state index contributed by atoms with van der Waals surface area (Å²) in [6.45, 7) is 4.70. The standard InChI is InChI=1S/C12H16N4/c1-9-10(2)15-12(8-14-9)16(7-3-6-13)11-4-5-11/h8,11H,3-5,7H2,1-2H3. The molecule has 4 nitrogen and oxygen atoms in total. The van der Waals surface area contributed by atoms with Crippen molar-refractivity contribution < 1.29 is 0 Å². The summed E-state index contributed by atoms with van der Waals surface area (Å²) in [6, 6.07) is 2.76. The highest BCUT2D eigenvalue weighted by molar-refractivity contribution is 5.40. The molecule has 1 aromatic heterocycles. The summed E-state index contributed by atoms with van der Waals surface area (Å²) in [5.74, 6) is 0.917. The third-order valence-electron chi connectivity index (χ3n) is 2.93.